The molecule has 1 aliphatic rings. The first-order chi connectivity index (χ1) is 9.55. The van der Waals surface area contributed by atoms with Crippen LogP contribution in [0.5, 0.6) is 11.5 Å². The van der Waals surface area contributed by atoms with Crippen molar-refractivity contribution < 1.29 is 24.5 Å². The van der Waals surface area contributed by atoms with E-state index in [0.717, 1.165) is 19.3 Å². The molecule has 0 aromatic heterocycles. The van der Waals surface area contributed by atoms with Crippen LogP contribution in [0.15, 0.2) is 12.1 Å². The highest BCUT2D eigenvalue weighted by Gasteiger charge is 2.43. The molecule has 2 N–H and O–H groups in total. The summed E-state index contributed by atoms with van der Waals surface area (Å²) in [6.07, 6.45) is 4.21. The topological polar surface area (TPSA) is 83.8 Å². The Morgan fingerprint density at radius 2 is 1.95 bits per heavy atom. The number of methoxy groups -OCH3 is 1. The van der Waals surface area contributed by atoms with E-state index >= 15 is 0 Å². The molecular weight excluding hydrogens is 260 g/mol. The van der Waals surface area contributed by atoms with E-state index in [4.69, 9.17) is 4.74 Å². The zero-order valence-corrected chi connectivity index (χ0v) is 11.4. The molecule has 0 saturated heterocycles. The molecule has 108 valence electrons. The Kier molecular flexibility index (Phi) is 3.97. The minimum Gasteiger partial charge on any atom is -0.504 e. The monoisotopic (exact) mass is 278 g/mol. The maximum Gasteiger partial charge on any atom is 0.314 e. The predicted octanol–water partition coefficient (Wildman–Crippen LogP) is 2.50. The van der Waals surface area contributed by atoms with Crippen LogP contribution in [0.3, 0.4) is 0 Å². The fraction of sp³-hybridized carbons (Fsp3) is 0.467. The van der Waals surface area contributed by atoms with Crippen LogP contribution in [0.2, 0.25) is 0 Å². The zero-order valence-electron chi connectivity index (χ0n) is 11.4. The van der Waals surface area contributed by atoms with E-state index in [0.29, 0.717) is 24.7 Å². The summed E-state index contributed by atoms with van der Waals surface area (Å²) < 4.78 is 5.04. The Balaban J connectivity index is 2.63. The minimum atomic E-state index is -1.06. The van der Waals surface area contributed by atoms with Crippen LogP contribution in [0.1, 0.15) is 48.0 Å². The number of carboxylic acids is 1. The van der Waals surface area contributed by atoms with Crippen LogP contribution in [0.25, 0.3) is 0 Å². The van der Waals surface area contributed by atoms with Crippen molar-refractivity contribution in [1.29, 1.82) is 0 Å². The molecule has 1 aromatic rings. The van der Waals surface area contributed by atoms with Gasteiger partial charge in [-0.2, -0.15) is 0 Å². The molecule has 0 spiro atoms. The van der Waals surface area contributed by atoms with Gasteiger partial charge in [-0.25, -0.2) is 0 Å². The van der Waals surface area contributed by atoms with E-state index in [1.54, 1.807) is 0 Å². The van der Waals surface area contributed by atoms with Gasteiger partial charge in [0.15, 0.2) is 17.8 Å². The molecule has 0 amide bonds. The molecule has 1 saturated carbocycles. The summed E-state index contributed by atoms with van der Waals surface area (Å²) in [5, 5.41) is 19.4. The van der Waals surface area contributed by atoms with Gasteiger partial charge < -0.3 is 14.9 Å². The van der Waals surface area contributed by atoms with Crippen molar-refractivity contribution in [3.8, 4) is 11.5 Å². The Morgan fingerprint density at radius 1 is 1.30 bits per heavy atom. The van der Waals surface area contributed by atoms with Gasteiger partial charge in [-0.1, -0.05) is 19.3 Å². The van der Waals surface area contributed by atoms with Gasteiger partial charge in [-0.3, -0.25) is 9.59 Å². The number of aromatic hydroxyl groups is 1. The average Bonchev–Trinajstić information content (AvgIpc) is 2.47. The number of aldehydes is 1. The third-order valence-electron chi connectivity index (χ3n) is 4.11. The Bertz CT molecular complexity index is 529. The summed E-state index contributed by atoms with van der Waals surface area (Å²) in [5.74, 6) is -0.889. The summed E-state index contributed by atoms with van der Waals surface area (Å²) in [6.45, 7) is 0. The van der Waals surface area contributed by atoms with Gasteiger partial charge >= 0.3 is 5.97 Å². The van der Waals surface area contributed by atoms with E-state index in [2.05, 4.69) is 0 Å². The van der Waals surface area contributed by atoms with Crippen molar-refractivity contribution in [1.82, 2.24) is 0 Å². The van der Waals surface area contributed by atoms with Gasteiger partial charge in [0.2, 0.25) is 0 Å². The molecule has 2 rings (SSSR count). The summed E-state index contributed by atoms with van der Waals surface area (Å²) in [4.78, 5) is 23.1. The molecule has 0 bridgehead atoms. The Labute approximate surface area is 117 Å². The van der Waals surface area contributed by atoms with Crippen LogP contribution in [0, 0.1) is 0 Å². The fourth-order valence-electron chi connectivity index (χ4n) is 3.01. The van der Waals surface area contributed by atoms with Crippen LogP contribution >= 0.6 is 0 Å². The van der Waals surface area contributed by atoms with Gasteiger partial charge in [0, 0.05) is 5.56 Å². The lowest BCUT2D eigenvalue weighted by atomic mass is 9.68. The van der Waals surface area contributed by atoms with Gasteiger partial charge in [-0.05, 0) is 30.5 Å². The molecule has 0 aliphatic heterocycles. The van der Waals surface area contributed by atoms with Crippen LogP contribution in [-0.2, 0) is 10.2 Å². The molecule has 1 fully saturated rings. The minimum absolute atomic E-state index is 0.158. The molecule has 5 nitrogen and oxygen atoms in total. The molecule has 0 heterocycles. The highest BCUT2D eigenvalue weighted by molar-refractivity contribution is 5.88. The lowest BCUT2D eigenvalue weighted by Crippen LogP contribution is -2.38. The number of carbonyl (C=O) groups excluding carboxylic acids is 1. The molecular formula is C15H18O5. The summed E-state index contributed by atoms with van der Waals surface area (Å²) in [5.41, 5.74) is -0.405. The van der Waals surface area contributed by atoms with Crippen molar-refractivity contribution in [2.75, 3.05) is 7.11 Å². The van der Waals surface area contributed by atoms with E-state index in [9.17, 15) is 19.8 Å². The second-order valence-corrected chi connectivity index (χ2v) is 5.18. The number of phenols is 1. The molecule has 0 unspecified atom stereocenters. The summed E-state index contributed by atoms with van der Waals surface area (Å²) in [7, 11) is 1.40. The smallest absolute Gasteiger partial charge is 0.314 e. The highest BCUT2D eigenvalue weighted by atomic mass is 16.5. The highest BCUT2D eigenvalue weighted by Crippen LogP contribution is 2.43. The fourth-order valence-corrected chi connectivity index (χ4v) is 3.01. The average molecular weight is 278 g/mol. The first-order valence-electron chi connectivity index (χ1n) is 6.65. The first kappa shape index (κ1) is 14.4. The maximum absolute atomic E-state index is 11.8. The molecule has 5 heteroatoms. The third-order valence-corrected chi connectivity index (χ3v) is 4.11. The van der Waals surface area contributed by atoms with Gasteiger partial charge in [0.05, 0.1) is 12.5 Å². The number of carbonyl (C=O) groups is 2. The van der Waals surface area contributed by atoms with E-state index in [1.807, 2.05) is 0 Å². The normalized spacial score (nSPS) is 17.4. The van der Waals surface area contributed by atoms with E-state index in [-0.39, 0.29) is 17.1 Å². The van der Waals surface area contributed by atoms with Crippen molar-refractivity contribution in [3.05, 3.63) is 23.3 Å². The number of rotatable bonds is 4. The number of hydrogen-bond acceptors (Lipinski definition) is 4. The molecule has 0 atom stereocenters. The van der Waals surface area contributed by atoms with Gasteiger partial charge in [0.1, 0.15) is 0 Å². The lowest BCUT2D eigenvalue weighted by Gasteiger charge is -2.34. The number of ether oxygens (including phenoxy) is 1. The summed E-state index contributed by atoms with van der Waals surface area (Å²) in [6, 6.07) is 2.76. The third kappa shape index (κ3) is 2.24. The van der Waals surface area contributed by atoms with Crippen molar-refractivity contribution in [3.63, 3.8) is 0 Å². The molecule has 20 heavy (non-hydrogen) atoms. The predicted molar refractivity (Wildman–Crippen MR) is 72.4 cm³/mol. The number of phenolic OH excluding ortho intramolecular Hbond substituents is 1. The Hall–Kier alpha value is -2.04. The standard InChI is InChI=1S/C15H18O5/c1-20-13-8-11(10(9-16)7-12(13)17)15(14(18)19)5-3-2-4-6-15/h7-9,17H,2-6H2,1H3,(H,18,19). The maximum atomic E-state index is 11.8. The number of carboxylic acid groups (broad SMARTS) is 1. The second kappa shape index (κ2) is 5.53. The van der Waals surface area contributed by atoms with E-state index in [1.165, 1.54) is 19.2 Å². The molecule has 0 radical (unpaired) electrons. The SMILES string of the molecule is COc1cc(C2(C(=O)O)CCCCC2)c(C=O)cc1O. The first-order valence-corrected chi connectivity index (χ1v) is 6.65. The Morgan fingerprint density at radius 3 is 2.45 bits per heavy atom. The molecule has 1 aliphatic carbocycles. The quantitative estimate of drug-likeness (QED) is 0.827. The van der Waals surface area contributed by atoms with Crippen LogP contribution in [0.4, 0.5) is 0 Å². The number of benzene rings is 1. The van der Waals surface area contributed by atoms with Crippen LogP contribution in [-0.4, -0.2) is 29.6 Å². The number of aliphatic carboxylic acids is 1. The second-order valence-electron chi connectivity index (χ2n) is 5.18. The lowest BCUT2D eigenvalue weighted by molar-refractivity contribution is -0.145. The van der Waals surface area contributed by atoms with Crippen molar-refractivity contribution in [2.24, 2.45) is 0 Å². The summed E-state index contributed by atoms with van der Waals surface area (Å²) >= 11 is 0. The van der Waals surface area contributed by atoms with Gasteiger partial charge in [-0.15, -0.1) is 0 Å². The van der Waals surface area contributed by atoms with Crippen LogP contribution < -0.4 is 4.74 Å². The molecule has 1 aromatic carbocycles. The largest absolute Gasteiger partial charge is 0.504 e. The number of hydrogen-bond donors (Lipinski definition) is 2. The van der Waals surface area contributed by atoms with Crippen molar-refractivity contribution >= 4 is 12.3 Å². The van der Waals surface area contributed by atoms with E-state index < -0.39 is 11.4 Å². The van der Waals surface area contributed by atoms with Crippen molar-refractivity contribution in [2.45, 2.75) is 37.5 Å². The zero-order chi connectivity index (χ0) is 14.8. The van der Waals surface area contributed by atoms with Gasteiger partial charge in [0.25, 0.3) is 0 Å².